The molecule has 0 saturated carbocycles. The molecule has 6 saturated heterocycles. The number of rotatable bonds is 24. The Morgan fingerprint density at radius 2 is 0.575 bits per heavy atom. The molecule has 0 bridgehead atoms. The van der Waals surface area contributed by atoms with Crippen LogP contribution >= 0.6 is 0 Å². The Hall–Kier alpha value is -1.16. The Morgan fingerprint density at radius 3 is 0.850 bits per heavy atom. The minimum absolute atomic E-state index is 0.283. The van der Waals surface area contributed by atoms with Gasteiger partial charge in [0.15, 0.2) is 25.2 Å². The van der Waals surface area contributed by atoms with E-state index >= 15 is 0 Å². The van der Waals surface area contributed by atoms with Gasteiger partial charge in [-0.05, 0) is 23.7 Å². The van der Waals surface area contributed by atoms with E-state index in [9.17, 15) is 86.8 Å². The first-order valence-electron chi connectivity index (χ1n) is 27.7. The van der Waals surface area contributed by atoms with Gasteiger partial charge < -0.3 is 144 Å². The fraction of sp³-hybridized carbons (Fsp3) is 1.00. The fourth-order valence-electron chi connectivity index (χ4n) is 11.7. The fourth-order valence-corrected chi connectivity index (χ4v) is 11.7. The number of aliphatic hydroxyl groups excluding tert-OH is 17. The van der Waals surface area contributed by atoms with Crippen molar-refractivity contribution in [2.24, 2.45) is 35.5 Å². The Morgan fingerprint density at radius 1 is 0.312 bits per heavy atom. The van der Waals surface area contributed by atoms with Crippen LogP contribution in [-0.2, 0) is 56.8 Å². The van der Waals surface area contributed by atoms with Crippen molar-refractivity contribution in [2.75, 3.05) is 52.9 Å². The second kappa shape index (κ2) is 30.0. The van der Waals surface area contributed by atoms with Gasteiger partial charge in [-0.25, -0.2) is 0 Å². The molecule has 31 atom stereocenters. The van der Waals surface area contributed by atoms with E-state index in [0.29, 0.717) is 0 Å². The van der Waals surface area contributed by atoms with Crippen molar-refractivity contribution in [3.05, 3.63) is 0 Å². The van der Waals surface area contributed by atoms with Crippen LogP contribution in [0.5, 0.6) is 0 Å². The van der Waals surface area contributed by atoms with E-state index in [1.165, 1.54) is 0 Å². The van der Waals surface area contributed by atoms with Gasteiger partial charge in [-0.1, -0.05) is 55.4 Å². The van der Waals surface area contributed by atoms with Crippen molar-refractivity contribution in [2.45, 2.75) is 233 Å². The molecule has 6 aliphatic heterocycles. The number of aliphatic hydroxyl groups is 17. The van der Waals surface area contributed by atoms with Crippen molar-refractivity contribution >= 4 is 0 Å². The average Bonchev–Trinajstić information content (AvgIpc) is 3.48. The lowest BCUT2D eigenvalue weighted by Gasteiger charge is -2.49. The lowest BCUT2D eigenvalue weighted by atomic mass is 9.81. The average molecular weight is 1170 g/mol. The van der Waals surface area contributed by atoms with Crippen molar-refractivity contribution in [3.63, 3.8) is 0 Å². The summed E-state index contributed by atoms with van der Waals surface area (Å²) in [6.45, 7) is 8.90. The Bertz CT molecular complexity index is 1680. The zero-order valence-electron chi connectivity index (χ0n) is 46.4. The highest BCUT2D eigenvalue weighted by Crippen LogP contribution is 2.39. The van der Waals surface area contributed by atoms with Gasteiger partial charge >= 0.3 is 0 Å². The summed E-state index contributed by atoms with van der Waals surface area (Å²) in [6, 6.07) is 0. The second-order valence-electron chi connectivity index (χ2n) is 23.3. The molecule has 80 heavy (non-hydrogen) atoms. The molecule has 0 spiro atoms. The van der Waals surface area contributed by atoms with Crippen LogP contribution in [0, 0.1) is 35.5 Å². The summed E-state index contributed by atoms with van der Waals surface area (Å²) >= 11 is 0. The summed E-state index contributed by atoms with van der Waals surface area (Å²) in [7, 11) is 0. The third-order valence-corrected chi connectivity index (χ3v) is 16.2. The molecule has 470 valence electrons. The Balaban J connectivity index is 1.17. The molecule has 0 aromatic carbocycles. The van der Waals surface area contributed by atoms with Gasteiger partial charge in [0.25, 0.3) is 0 Å². The largest absolute Gasteiger partial charge is 0.394 e. The summed E-state index contributed by atoms with van der Waals surface area (Å²) in [5.74, 6) is -2.69. The van der Waals surface area contributed by atoms with Crippen molar-refractivity contribution in [1.29, 1.82) is 0 Å². The molecular formula is C51H92O29. The SMILES string of the molecule is CC(C)[C@@H]1C(CO)O[C@@H](O[C@H]2C(COCC(O)COCC3O[C@@H](O[C@H]4C(CO)O[C@H](C(C)C)[C@H](O)C4O)[C@@H](O)C(O)[C@@H]3O[C@H]3OC(CO)[C@H](C(C)C)C(O)[C@H]3O)O[C@H](O[C@@H]3C(CO)O[C@@H](C(C)C)[C@@H](O)C3O)[C@H](O)C2O)[C@@H](O)C1O. The molecule has 29 heteroatoms. The van der Waals surface area contributed by atoms with E-state index in [1.54, 1.807) is 55.4 Å². The summed E-state index contributed by atoms with van der Waals surface area (Å²) in [5.41, 5.74) is 0. The highest BCUT2D eigenvalue weighted by molar-refractivity contribution is 5.01. The van der Waals surface area contributed by atoms with Gasteiger partial charge in [-0.15, -0.1) is 0 Å². The van der Waals surface area contributed by atoms with E-state index in [-0.39, 0.29) is 23.7 Å². The Labute approximate surface area is 464 Å². The summed E-state index contributed by atoms with van der Waals surface area (Å²) in [4.78, 5) is 0. The van der Waals surface area contributed by atoms with Gasteiger partial charge in [-0.3, -0.25) is 0 Å². The standard InChI is InChI=1S/C51H92O29/c1-17(2)28-22(9-52)73-48(38(65)30(28)57)79-46-26(75-50(40(67)36(46)63)77-44-24(11-54)71-42(19(5)6)32(59)34(44)61)15-69-13-21(56)14-70-16-27-47(80-49-39(66)31(58)29(18(3)4)23(10-53)74-49)37(64)41(68)51(76-27)78-45-25(12-55)72-43(20(7)8)33(60)35(45)62/h17-68H,9-16H2,1-8H3/t21?,22?,23?,24?,25?,26?,27?,28-,29+,30?,31?,32+,33-,34?,35?,36?,37?,38+,39-,40-,41+,42+,43-,44-,45+,46+,47-,48+,49-,50-,51+. The van der Waals surface area contributed by atoms with E-state index in [1.807, 2.05) is 0 Å². The smallest absolute Gasteiger partial charge is 0.187 e. The number of ether oxygens (including phenoxy) is 12. The van der Waals surface area contributed by atoms with Crippen molar-refractivity contribution in [1.82, 2.24) is 0 Å². The predicted octanol–water partition coefficient (Wildman–Crippen LogP) is -7.49. The van der Waals surface area contributed by atoms with Crippen molar-refractivity contribution < 1.29 is 144 Å². The molecule has 13 unspecified atom stereocenters. The maximum Gasteiger partial charge on any atom is 0.187 e. The van der Waals surface area contributed by atoms with Crippen LogP contribution in [0.3, 0.4) is 0 Å². The van der Waals surface area contributed by atoms with E-state index in [2.05, 4.69) is 0 Å². The molecule has 6 fully saturated rings. The molecule has 6 rings (SSSR count). The minimum Gasteiger partial charge on any atom is -0.394 e. The lowest BCUT2D eigenvalue weighted by Crippen LogP contribution is -2.66. The van der Waals surface area contributed by atoms with Crippen LogP contribution in [0.2, 0.25) is 0 Å². The maximum atomic E-state index is 11.6. The van der Waals surface area contributed by atoms with Crippen molar-refractivity contribution in [3.8, 4) is 0 Å². The first-order chi connectivity index (χ1) is 37.7. The number of hydrogen-bond donors (Lipinski definition) is 17. The predicted molar refractivity (Wildman–Crippen MR) is 266 cm³/mol. The lowest BCUT2D eigenvalue weighted by molar-refractivity contribution is -0.374. The third-order valence-electron chi connectivity index (χ3n) is 16.2. The molecule has 0 amide bonds. The molecule has 0 aromatic rings. The number of hydrogen-bond acceptors (Lipinski definition) is 29. The van der Waals surface area contributed by atoms with E-state index < -0.39 is 242 Å². The highest BCUT2D eigenvalue weighted by Gasteiger charge is 2.57. The molecule has 6 aliphatic rings. The van der Waals surface area contributed by atoms with Crippen LogP contribution in [0.1, 0.15) is 55.4 Å². The van der Waals surface area contributed by atoms with Crippen LogP contribution < -0.4 is 0 Å². The van der Waals surface area contributed by atoms with E-state index in [4.69, 9.17) is 56.8 Å². The first kappa shape index (κ1) is 68.0. The van der Waals surface area contributed by atoms with E-state index in [0.717, 1.165) is 0 Å². The summed E-state index contributed by atoms with van der Waals surface area (Å²) in [5, 5.41) is 187. The quantitative estimate of drug-likeness (QED) is 0.0427. The van der Waals surface area contributed by atoms with Crippen LogP contribution in [-0.4, -0.2) is 317 Å². The van der Waals surface area contributed by atoms with Crippen LogP contribution in [0.25, 0.3) is 0 Å². The third kappa shape index (κ3) is 15.1. The molecule has 17 N–H and O–H groups in total. The van der Waals surface area contributed by atoms with Crippen LogP contribution in [0.4, 0.5) is 0 Å². The first-order valence-corrected chi connectivity index (χ1v) is 27.7. The zero-order chi connectivity index (χ0) is 59.3. The van der Waals surface area contributed by atoms with Gasteiger partial charge in [-0.2, -0.15) is 0 Å². The second-order valence-corrected chi connectivity index (χ2v) is 23.3. The Kier molecular flexibility index (Phi) is 25.5. The summed E-state index contributed by atoms with van der Waals surface area (Å²) < 4.78 is 71.1. The minimum atomic E-state index is -2.00. The zero-order valence-corrected chi connectivity index (χ0v) is 46.4. The van der Waals surface area contributed by atoms with Gasteiger partial charge in [0.05, 0.1) is 89.5 Å². The van der Waals surface area contributed by atoms with Gasteiger partial charge in [0.2, 0.25) is 0 Å². The molecular weight excluding hydrogens is 1080 g/mol. The molecule has 6 heterocycles. The molecule has 29 nitrogen and oxygen atoms in total. The topological polar surface area (TPSA) is 455 Å². The maximum absolute atomic E-state index is 11.6. The molecule has 0 radical (unpaired) electrons. The molecule has 0 aromatic heterocycles. The van der Waals surface area contributed by atoms with Gasteiger partial charge in [0.1, 0.15) is 116 Å². The van der Waals surface area contributed by atoms with Crippen LogP contribution in [0.15, 0.2) is 0 Å². The normalized spacial score (nSPS) is 47.4. The molecule has 0 aliphatic carbocycles. The monoisotopic (exact) mass is 1170 g/mol. The van der Waals surface area contributed by atoms with Gasteiger partial charge in [0, 0.05) is 11.8 Å². The summed E-state index contributed by atoms with van der Waals surface area (Å²) in [6.07, 6.45) is -45.4. The highest BCUT2D eigenvalue weighted by atomic mass is 16.8.